The van der Waals surface area contributed by atoms with Crippen LogP contribution in [0.3, 0.4) is 0 Å². The minimum absolute atomic E-state index is 0.714. The van der Waals surface area contributed by atoms with Gasteiger partial charge in [0.2, 0.25) is 0 Å². The molecule has 0 bridgehead atoms. The van der Waals surface area contributed by atoms with Gasteiger partial charge in [0.05, 0.1) is 7.11 Å². The molecule has 0 aliphatic heterocycles. The lowest BCUT2D eigenvalue weighted by molar-refractivity contribution is 0.410. The second-order valence-corrected chi connectivity index (χ2v) is 3.62. The highest BCUT2D eigenvalue weighted by atomic mass is 16.5. The zero-order chi connectivity index (χ0) is 10.7. The number of benzene rings is 1. The molecule has 3 heteroatoms. The van der Waals surface area contributed by atoms with E-state index in [1.54, 1.807) is 7.11 Å². The van der Waals surface area contributed by atoms with Crippen LogP contribution < -0.4 is 10.5 Å². The average molecular weight is 204 g/mol. The largest absolute Gasteiger partial charge is 0.496 e. The fourth-order valence-corrected chi connectivity index (χ4v) is 1.80. The molecular formula is C12H16N2O. The predicted molar refractivity (Wildman–Crippen MR) is 62.2 cm³/mol. The lowest BCUT2D eigenvalue weighted by atomic mass is 10.1. The zero-order valence-corrected chi connectivity index (χ0v) is 8.92. The molecular weight excluding hydrogens is 188 g/mol. The number of methoxy groups -OCH3 is 1. The first-order chi connectivity index (χ1) is 7.35. The van der Waals surface area contributed by atoms with E-state index < -0.39 is 0 Å². The molecule has 3 nitrogen and oxygen atoms in total. The van der Waals surface area contributed by atoms with Gasteiger partial charge in [-0.2, -0.15) is 0 Å². The Kier molecular flexibility index (Phi) is 2.92. The highest BCUT2D eigenvalue weighted by Gasteiger charge is 2.05. The lowest BCUT2D eigenvalue weighted by Crippen LogP contribution is -2.01. The summed E-state index contributed by atoms with van der Waals surface area (Å²) in [5.41, 5.74) is 7.89. The fourth-order valence-electron chi connectivity index (χ4n) is 1.80. The third-order valence-electron chi connectivity index (χ3n) is 2.60. The van der Waals surface area contributed by atoms with Gasteiger partial charge in [-0.1, -0.05) is 0 Å². The van der Waals surface area contributed by atoms with Gasteiger partial charge in [0.1, 0.15) is 5.75 Å². The van der Waals surface area contributed by atoms with Crippen molar-refractivity contribution in [3.05, 3.63) is 30.0 Å². The van der Waals surface area contributed by atoms with E-state index in [2.05, 4.69) is 17.1 Å². The van der Waals surface area contributed by atoms with Crippen LogP contribution in [0.1, 0.15) is 12.0 Å². The van der Waals surface area contributed by atoms with E-state index in [9.17, 15) is 0 Å². The van der Waals surface area contributed by atoms with E-state index in [1.807, 2.05) is 12.3 Å². The Morgan fingerprint density at radius 1 is 1.40 bits per heavy atom. The van der Waals surface area contributed by atoms with E-state index >= 15 is 0 Å². The van der Waals surface area contributed by atoms with Gasteiger partial charge < -0.3 is 15.5 Å². The van der Waals surface area contributed by atoms with Crippen LogP contribution in [0.15, 0.2) is 24.4 Å². The normalized spacial score (nSPS) is 10.8. The maximum atomic E-state index is 5.51. The first kappa shape index (κ1) is 10.1. The molecule has 1 aromatic heterocycles. The minimum Gasteiger partial charge on any atom is -0.496 e. The Labute approximate surface area is 89.2 Å². The highest BCUT2D eigenvalue weighted by Crippen LogP contribution is 2.26. The predicted octanol–water partition coefficient (Wildman–Crippen LogP) is 2.07. The maximum Gasteiger partial charge on any atom is 0.122 e. The number of fused-ring (bicyclic) bond motifs is 1. The molecule has 1 heterocycles. The Bertz CT molecular complexity index is 448. The third-order valence-corrected chi connectivity index (χ3v) is 2.60. The molecule has 0 spiro atoms. The van der Waals surface area contributed by atoms with E-state index in [4.69, 9.17) is 10.5 Å². The molecule has 0 saturated carbocycles. The molecule has 0 atom stereocenters. The van der Waals surface area contributed by atoms with Crippen molar-refractivity contribution in [3.8, 4) is 5.75 Å². The number of aryl methyl sites for hydroxylation is 1. The van der Waals surface area contributed by atoms with Crippen molar-refractivity contribution < 1.29 is 4.74 Å². The van der Waals surface area contributed by atoms with Crippen LogP contribution in [-0.4, -0.2) is 18.6 Å². The number of nitrogens with two attached hydrogens (primary N) is 1. The van der Waals surface area contributed by atoms with Crippen molar-refractivity contribution >= 4 is 10.9 Å². The van der Waals surface area contributed by atoms with Crippen molar-refractivity contribution in [2.45, 2.75) is 12.8 Å². The summed E-state index contributed by atoms with van der Waals surface area (Å²) in [6, 6.07) is 6.26. The van der Waals surface area contributed by atoms with Crippen LogP contribution >= 0.6 is 0 Å². The van der Waals surface area contributed by atoms with E-state index in [0.717, 1.165) is 24.1 Å². The van der Waals surface area contributed by atoms with Crippen LogP contribution in [0, 0.1) is 0 Å². The topological polar surface area (TPSA) is 51.0 Å². The Hall–Kier alpha value is -1.48. The summed E-state index contributed by atoms with van der Waals surface area (Å²) in [4.78, 5) is 3.20. The molecule has 2 aromatic rings. The zero-order valence-electron chi connectivity index (χ0n) is 8.92. The molecule has 0 aliphatic carbocycles. The van der Waals surface area contributed by atoms with Gasteiger partial charge in [-0.25, -0.2) is 0 Å². The van der Waals surface area contributed by atoms with Crippen molar-refractivity contribution in [1.82, 2.24) is 4.98 Å². The second kappa shape index (κ2) is 4.36. The maximum absolute atomic E-state index is 5.51. The molecule has 80 valence electrons. The quantitative estimate of drug-likeness (QED) is 0.801. The van der Waals surface area contributed by atoms with Crippen LogP contribution in [0.5, 0.6) is 5.75 Å². The van der Waals surface area contributed by atoms with Gasteiger partial charge >= 0.3 is 0 Å². The van der Waals surface area contributed by atoms with Crippen LogP contribution in [0.25, 0.3) is 10.9 Å². The third kappa shape index (κ3) is 1.97. The van der Waals surface area contributed by atoms with Crippen molar-refractivity contribution in [3.63, 3.8) is 0 Å². The number of nitrogens with one attached hydrogen (secondary N) is 1. The fraction of sp³-hybridized carbons (Fsp3) is 0.333. The van der Waals surface area contributed by atoms with Crippen molar-refractivity contribution in [2.75, 3.05) is 13.7 Å². The van der Waals surface area contributed by atoms with Crippen LogP contribution in [0.4, 0.5) is 0 Å². The number of H-pyrrole nitrogens is 1. The molecule has 15 heavy (non-hydrogen) atoms. The summed E-state index contributed by atoms with van der Waals surface area (Å²) in [7, 11) is 1.71. The molecule has 0 amide bonds. The Morgan fingerprint density at radius 2 is 2.27 bits per heavy atom. The lowest BCUT2D eigenvalue weighted by Gasteiger charge is -2.08. The molecule has 0 unspecified atom stereocenters. The SMILES string of the molecule is COc1cc2cc[nH]c2cc1CCCN. The Morgan fingerprint density at radius 3 is 3.00 bits per heavy atom. The minimum atomic E-state index is 0.714. The monoisotopic (exact) mass is 204 g/mol. The van der Waals surface area contributed by atoms with Crippen LogP contribution in [0.2, 0.25) is 0 Å². The second-order valence-electron chi connectivity index (χ2n) is 3.62. The van der Waals surface area contributed by atoms with Gasteiger partial charge in [-0.05, 0) is 43.1 Å². The van der Waals surface area contributed by atoms with Gasteiger partial charge in [0, 0.05) is 17.1 Å². The standard InChI is InChI=1S/C12H16N2O/c1-15-12-8-9-4-6-14-11(9)7-10(12)3-2-5-13/h4,6-8,14H,2-3,5,13H2,1H3. The number of hydrogen-bond acceptors (Lipinski definition) is 2. The molecule has 0 aliphatic rings. The molecule has 0 saturated heterocycles. The summed E-state index contributed by atoms with van der Waals surface area (Å²) in [5, 5.41) is 1.18. The molecule has 0 fully saturated rings. The Balaban J connectivity index is 2.40. The van der Waals surface area contributed by atoms with Gasteiger partial charge in [0.25, 0.3) is 0 Å². The number of ether oxygens (including phenoxy) is 1. The number of aromatic nitrogens is 1. The summed E-state index contributed by atoms with van der Waals surface area (Å²) < 4.78 is 5.37. The van der Waals surface area contributed by atoms with Crippen molar-refractivity contribution in [2.24, 2.45) is 5.73 Å². The molecule has 3 N–H and O–H groups in total. The summed E-state index contributed by atoms with van der Waals surface area (Å²) >= 11 is 0. The first-order valence-corrected chi connectivity index (χ1v) is 5.19. The van der Waals surface area contributed by atoms with E-state index in [-0.39, 0.29) is 0 Å². The summed E-state index contributed by atoms with van der Waals surface area (Å²) in [6.07, 6.45) is 3.90. The molecule has 0 radical (unpaired) electrons. The van der Waals surface area contributed by atoms with Gasteiger partial charge in [0.15, 0.2) is 0 Å². The number of hydrogen-bond donors (Lipinski definition) is 2. The summed E-state index contributed by atoms with van der Waals surface area (Å²) in [6.45, 7) is 0.714. The van der Waals surface area contributed by atoms with E-state index in [0.29, 0.717) is 6.54 Å². The molecule has 2 rings (SSSR count). The smallest absolute Gasteiger partial charge is 0.122 e. The van der Waals surface area contributed by atoms with Crippen LogP contribution in [-0.2, 0) is 6.42 Å². The summed E-state index contributed by atoms with van der Waals surface area (Å²) in [5.74, 6) is 0.954. The first-order valence-electron chi connectivity index (χ1n) is 5.19. The molecule has 1 aromatic carbocycles. The average Bonchev–Trinajstić information content (AvgIpc) is 2.71. The number of rotatable bonds is 4. The number of aromatic amines is 1. The highest BCUT2D eigenvalue weighted by molar-refractivity contribution is 5.82. The van der Waals surface area contributed by atoms with Gasteiger partial charge in [-0.3, -0.25) is 0 Å². The van der Waals surface area contributed by atoms with Gasteiger partial charge in [-0.15, -0.1) is 0 Å². The van der Waals surface area contributed by atoms with Crippen molar-refractivity contribution in [1.29, 1.82) is 0 Å². The van der Waals surface area contributed by atoms with E-state index in [1.165, 1.54) is 10.9 Å².